The van der Waals surface area contributed by atoms with E-state index in [9.17, 15) is 19.5 Å². The number of carbonyl (C=O) groups is 2. The van der Waals surface area contributed by atoms with Gasteiger partial charge in [0.15, 0.2) is 5.82 Å². The Morgan fingerprint density at radius 2 is 2.00 bits per heavy atom. The number of likely N-dealkylation sites (N-methyl/N-ethyl adjacent to an activating group) is 1. The number of halogens is 1. The fourth-order valence-corrected chi connectivity index (χ4v) is 3.97. The van der Waals surface area contributed by atoms with E-state index in [-0.39, 0.29) is 40.1 Å². The number of amides is 1. The van der Waals surface area contributed by atoms with Gasteiger partial charge in [-0.05, 0) is 24.8 Å². The molecule has 2 heterocycles. The Hall–Kier alpha value is -2.90. The van der Waals surface area contributed by atoms with Gasteiger partial charge in [0.05, 0.1) is 22.3 Å². The van der Waals surface area contributed by atoms with Gasteiger partial charge in [-0.2, -0.15) is 0 Å². The molecule has 2 aromatic rings. The van der Waals surface area contributed by atoms with Crippen LogP contribution in [-0.2, 0) is 4.79 Å². The molecule has 1 atom stereocenters. The normalized spacial score (nSPS) is 19.4. The lowest BCUT2D eigenvalue weighted by Crippen LogP contribution is -2.49. The molecule has 1 amide bonds. The van der Waals surface area contributed by atoms with E-state index in [1.54, 1.807) is 16.5 Å². The maximum Gasteiger partial charge on any atom is 0.341 e. The molecule has 4 rings (SSSR count). The van der Waals surface area contributed by atoms with E-state index in [1.807, 2.05) is 13.8 Å². The van der Waals surface area contributed by atoms with Crippen molar-refractivity contribution in [1.29, 1.82) is 0 Å². The van der Waals surface area contributed by atoms with Crippen molar-refractivity contribution in [2.24, 2.45) is 5.92 Å². The summed E-state index contributed by atoms with van der Waals surface area (Å²) in [6.45, 7) is 3.76. The number of hydrogen-bond donors (Lipinski definition) is 2. The van der Waals surface area contributed by atoms with Gasteiger partial charge in [-0.3, -0.25) is 9.59 Å². The number of carboxylic acids is 1. The van der Waals surface area contributed by atoms with Crippen LogP contribution in [0.25, 0.3) is 10.9 Å². The van der Waals surface area contributed by atoms with Gasteiger partial charge in [-0.1, -0.05) is 13.8 Å². The van der Waals surface area contributed by atoms with E-state index < -0.39 is 28.8 Å². The average Bonchev–Trinajstić information content (AvgIpc) is 3.39. The smallest absolute Gasteiger partial charge is 0.341 e. The minimum absolute atomic E-state index is 0.0249. The van der Waals surface area contributed by atoms with Crippen LogP contribution in [-0.4, -0.2) is 34.6 Å². The quantitative estimate of drug-likeness (QED) is 0.863. The van der Waals surface area contributed by atoms with Crippen LogP contribution in [0.4, 0.5) is 15.8 Å². The molecule has 0 radical (unpaired) electrons. The summed E-state index contributed by atoms with van der Waals surface area (Å²) in [5, 5.41) is 12.0. The van der Waals surface area contributed by atoms with Crippen LogP contribution in [0.5, 0.6) is 0 Å². The molecule has 1 aliphatic heterocycles. The monoisotopic (exact) mass is 373 g/mol. The third kappa shape index (κ3) is 2.50. The topological polar surface area (TPSA) is 91.6 Å². The lowest BCUT2D eigenvalue weighted by atomic mass is 9.97. The summed E-state index contributed by atoms with van der Waals surface area (Å²) >= 11 is 0. The van der Waals surface area contributed by atoms with Crippen molar-refractivity contribution in [3.05, 3.63) is 33.9 Å². The second-order valence-electron chi connectivity index (χ2n) is 7.59. The van der Waals surface area contributed by atoms with Crippen LogP contribution < -0.4 is 15.6 Å². The van der Waals surface area contributed by atoms with Gasteiger partial charge in [0.25, 0.3) is 0 Å². The number of pyridine rings is 1. The highest BCUT2D eigenvalue weighted by atomic mass is 19.1. The molecule has 1 fully saturated rings. The van der Waals surface area contributed by atoms with Crippen LogP contribution in [0.2, 0.25) is 0 Å². The second-order valence-corrected chi connectivity index (χ2v) is 7.59. The highest BCUT2D eigenvalue weighted by molar-refractivity contribution is 6.07. The molecular formula is C19H20FN3O4. The number of rotatable bonds is 3. The van der Waals surface area contributed by atoms with Crippen molar-refractivity contribution < 1.29 is 19.1 Å². The maximum absolute atomic E-state index is 15.6. The zero-order valence-corrected chi connectivity index (χ0v) is 15.2. The molecule has 0 spiro atoms. The predicted octanol–water partition coefficient (Wildman–Crippen LogP) is 2.59. The molecule has 1 aromatic carbocycles. The molecule has 0 bridgehead atoms. The van der Waals surface area contributed by atoms with E-state index in [0.717, 1.165) is 12.8 Å². The van der Waals surface area contributed by atoms with Crippen molar-refractivity contribution in [3.63, 3.8) is 0 Å². The molecule has 2 aliphatic rings. The van der Waals surface area contributed by atoms with Gasteiger partial charge in [0.1, 0.15) is 11.6 Å². The Kier molecular flexibility index (Phi) is 3.76. The number of carbonyl (C=O) groups excluding carboxylic acids is 1. The highest BCUT2D eigenvalue weighted by Crippen LogP contribution is 2.42. The number of hydrogen-bond acceptors (Lipinski definition) is 4. The van der Waals surface area contributed by atoms with Crippen molar-refractivity contribution in [2.75, 3.05) is 17.3 Å². The molecule has 7 nitrogen and oxygen atoms in total. The zero-order chi connectivity index (χ0) is 19.6. The van der Waals surface area contributed by atoms with E-state index >= 15 is 4.39 Å². The number of aromatic carboxylic acids is 1. The molecule has 1 aliphatic carbocycles. The summed E-state index contributed by atoms with van der Waals surface area (Å²) in [7, 11) is 1.66. The summed E-state index contributed by atoms with van der Waals surface area (Å²) in [6, 6.07) is 0.832. The Bertz CT molecular complexity index is 1060. The van der Waals surface area contributed by atoms with Gasteiger partial charge >= 0.3 is 5.97 Å². The number of carboxylic acid groups (broad SMARTS) is 1. The molecule has 8 heteroatoms. The molecule has 1 unspecified atom stereocenters. The second kappa shape index (κ2) is 5.80. The zero-order valence-electron chi connectivity index (χ0n) is 15.2. The van der Waals surface area contributed by atoms with Crippen LogP contribution in [0.1, 0.15) is 43.1 Å². The number of benzene rings is 1. The molecule has 1 saturated carbocycles. The first-order chi connectivity index (χ1) is 12.7. The van der Waals surface area contributed by atoms with Gasteiger partial charge < -0.3 is 19.9 Å². The van der Waals surface area contributed by atoms with Gasteiger partial charge in [0.2, 0.25) is 11.3 Å². The molecule has 142 valence electrons. The Morgan fingerprint density at radius 1 is 1.33 bits per heavy atom. The Morgan fingerprint density at radius 3 is 2.56 bits per heavy atom. The van der Waals surface area contributed by atoms with Crippen LogP contribution in [0.15, 0.2) is 17.1 Å². The van der Waals surface area contributed by atoms with Gasteiger partial charge in [-0.15, -0.1) is 0 Å². The molecular weight excluding hydrogens is 353 g/mol. The Balaban J connectivity index is 2.07. The lowest BCUT2D eigenvalue weighted by molar-refractivity contribution is -0.118. The minimum Gasteiger partial charge on any atom is -0.477 e. The number of aromatic nitrogens is 1. The van der Waals surface area contributed by atoms with Crippen molar-refractivity contribution in [3.8, 4) is 0 Å². The summed E-state index contributed by atoms with van der Waals surface area (Å²) in [5.74, 6) is -2.29. The lowest BCUT2D eigenvalue weighted by Gasteiger charge is -2.38. The maximum atomic E-state index is 15.6. The Labute approximate surface area is 154 Å². The van der Waals surface area contributed by atoms with Crippen LogP contribution in [0.3, 0.4) is 0 Å². The molecule has 2 N–H and O–H groups in total. The molecule has 0 saturated heterocycles. The number of anilines is 2. The minimum atomic E-state index is -1.35. The fourth-order valence-electron chi connectivity index (χ4n) is 3.97. The first-order valence-corrected chi connectivity index (χ1v) is 8.90. The number of nitrogens with one attached hydrogen (secondary N) is 1. The number of nitrogens with zero attached hydrogens (tertiary/aromatic N) is 2. The van der Waals surface area contributed by atoms with Crippen molar-refractivity contribution in [1.82, 2.24) is 4.57 Å². The van der Waals surface area contributed by atoms with Crippen LogP contribution in [0, 0.1) is 11.7 Å². The summed E-state index contributed by atoms with van der Waals surface area (Å²) in [5.41, 5.74) is -0.649. The summed E-state index contributed by atoms with van der Waals surface area (Å²) in [4.78, 5) is 38.2. The third-order valence-electron chi connectivity index (χ3n) is 5.33. The average molecular weight is 373 g/mol. The van der Waals surface area contributed by atoms with E-state index in [0.29, 0.717) is 0 Å². The predicted molar refractivity (Wildman–Crippen MR) is 99.1 cm³/mol. The molecule has 1 aromatic heterocycles. The largest absolute Gasteiger partial charge is 0.477 e. The van der Waals surface area contributed by atoms with E-state index in [1.165, 1.54) is 12.3 Å². The third-order valence-corrected chi connectivity index (χ3v) is 5.33. The highest BCUT2D eigenvalue weighted by Gasteiger charge is 2.37. The van der Waals surface area contributed by atoms with Gasteiger partial charge in [0, 0.05) is 19.3 Å². The molecule has 27 heavy (non-hydrogen) atoms. The van der Waals surface area contributed by atoms with E-state index in [4.69, 9.17) is 0 Å². The summed E-state index contributed by atoms with van der Waals surface area (Å²) < 4.78 is 17.2. The van der Waals surface area contributed by atoms with Crippen molar-refractivity contribution in [2.45, 2.75) is 38.8 Å². The first kappa shape index (κ1) is 17.5. The van der Waals surface area contributed by atoms with Gasteiger partial charge in [-0.25, -0.2) is 9.18 Å². The fraction of sp³-hybridized carbons (Fsp3) is 0.421. The van der Waals surface area contributed by atoms with E-state index in [2.05, 4.69) is 5.32 Å². The number of fused-ring (bicyclic) bond motifs is 2. The standard InChI is InChI=1S/C19H20FN3O4/c1-8(2)14-18(25)21-12-6-10-15(13(20)16(12)22(14)3)23(9-4-5-9)7-11(17(10)24)19(26)27/h6-9,14H,4-5H2,1-3H3,(H,21,25)(H,26,27). The summed E-state index contributed by atoms with van der Waals surface area (Å²) in [6.07, 6.45) is 2.84. The van der Waals surface area contributed by atoms with Crippen LogP contribution >= 0.6 is 0 Å². The SMILES string of the molecule is CC(C)C1C(=O)Nc2cc3c(=O)c(C(=O)O)cn(C4CC4)c3c(F)c2N1C. The first-order valence-electron chi connectivity index (χ1n) is 8.90. The van der Waals surface area contributed by atoms with Crippen molar-refractivity contribution >= 4 is 34.2 Å².